The van der Waals surface area contributed by atoms with Gasteiger partial charge in [-0.15, -0.1) is 0 Å². The van der Waals surface area contributed by atoms with Crippen molar-refractivity contribution in [1.82, 2.24) is 14.1 Å². The van der Waals surface area contributed by atoms with Crippen molar-refractivity contribution >= 4 is 65.5 Å². The number of aromatic nitrogens is 3. The molecule has 0 spiro atoms. The van der Waals surface area contributed by atoms with E-state index in [0.29, 0.717) is 0 Å². The summed E-state index contributed by atoms with van der Waals surface area (Å²) in [5.74, 6) is 0. The van der Waals surface area contributed by atoms with E-state index in [1.807, 2.05) is 6.07 Å². The summed E-state index contributed by atoms with van der Waals surface area (Å²) in [7, 11) is 0. The lowest BCUT2D eigenvalue weighted by atomic mass is 10.0. The molecule has 0 aliphatic rings. The second kappa shape index (κ2) is 7.59. The first kappa shape index (κ1) is 20.7. The van der Waals surface area contributed by atoms with Crippen molar-refractivity contribution in [3.8, 4) is 11.4 Å². The summed E-state index contributed by atoms with van der Waals surface area (Å²) in [4.78, 5) is 4.32. The van der Waals surface area contributed by atoms with Crippen molar-refractivity contribution in [2.45, 2.75) is 0 Å². The predicted molar refractivity (Wildman–Crippen MR) is 160 cm³/mol. The van der Waals surface area contributed by atoms with Gasteiger partial charge in [0.1, 0.15) is 5.52 Å². The predicted octanol–water partition coefficient (Wildman–Crippen LogP) is 9.18. The van der Waals surface area contributed by atoms with Crippen molar-refractivity contribution in [2.24, 2.45) is 0 Å². The lowest BCUT2D eigenvalue weighted by Gasteiger charge is -2.10. The number of benzene rings is 6. The molecule has 0 aliphatic heterocycles. The Hall–Kier alpha value is -5.35. The monoisotopic (exact) mass is 499 g/mol. The fourth-order valence-electron chi connectivity index (χ4n) is 6.43. The molecule has 0 fully saturated rings. The van der Waals surface area contributed by atoms with E-state index >= 15 is 0 Å². The number of rotatable bonds is 2. The van der Waals surface area contributed by atoms with Crippen LogP contribution in [0.4, 0.5) is 0 Å². The fourth-order valence-corrected chi connectivity index (χ4v) is 6.43. The second-order valence-electron chi connectivity index (χ2n) is 10.1. The topological polar surface area (TPSA) is 35.9 Å². The molecule has 9 rings (SSSR count). The summed E-state index contributed by atoms with van der Waals surface area (Å²) >= 11 is 0. The minimum absolute atomic E-state index is 0.784. The van der Waals surface area contributed by atoms with Crippen LogP contribution in [-0.4, -0.2) is 14.1 Å². The molecule has 182 valence electrons. The highest BCUT2D eigenvalue weighted by molar-refractivity contribution is 6.31. The average molecular weight is 500 g/mol. The van der Waals surface area contributed by atoms with Crippen LogP contribution in [0.3, 0.4) is 0 Å². The standard InChI is InChI=1S/C35H21N3O/c1-2-9-23(10-3-1)38-31-19-18-30-33(34(31)27-16-14-22-8-4-5-11-25(22)35(27)38)26-12-6-7-13-29(26)37(30)24-15-17-28-32(20-24)39-21-36-28/h1-21H. The van der Waals surface area contributed by atoms with E-state index in [1.54, 1.807) is 0 Å². The molecule has 0 amide bonds. The van der Waals surface area contributed by atoms with Crippen LogP contribution in [0, 0.1) is 0 Å². The van der Waals surface area contributed by atoms with Crippen molar-refractivity contribution < 1.29 is 4.42 Å². The zero-order valence-corrected chi connectivity index (χ0v) is 20.9. The van der Waals surface area contributed by atoms with Crippen molar-refractivity contribution in [1.29, 1.82) is 0 Å². The average Bonchev–Trinajstić information content (AvgIpc) is 3.69. The zero-order chi connectivity index (χ0) is 25.5. The van der Waals surface area contributed by atoms with Gasteiger partial charge in [0.25, 0.3) is 0 Å². The Bertz CT molecular complexity index is 2390. The first-order valence-electron chi connectivity index (χ1n) is 13.1. The highest BCUT2D eigenvalue weighted by atomic mass is 16.3. The number of hydrogen-bond donors (Lipinski definition) is 0. The van der Waals surface area contributed by atoms with Gasteiger partial charge < -0.3 is 13.6 Å². The maximum atomic E-state index is 5.67. The molecule has 0 unspecified atom stereocenters. The Morgan fingerprint density at radius 2 is 1.26 bits per heavy atom. The number of para-hydroxylation sites is 2. The van der Waals surface area contributed by atoms with Gasteiger partial charge in [0, 0.05) is 38.7 Å². The van der Waals surface area contributed by atoms with Gasteiger partial charge in [0.05, 0.1) is 27.8 Å². The third kappa shape index (κ3) is 2.75. The Labute approximate surface area is 222 Å². The molecule has 0 atom stereocenters. The maximum Gasteiger partial charge on any atom is 0.181 e. The Kier molecular flexibility index (Phi) is 4.02. The van der Waals surface area contributed by atoms with Crippen molar-refractivity contribution in [3.05, 3.63) is 128 Å². The molecule has 4 heteroatoms. The van der Waals surface area contributed by atoms with Gasteiger partial charge in [-0.2, -0.15) is 0 Å². The molecular formula is C35H21N3O. The zero-order valence-electron chi connectivity index (χ0n) is 20.9. The van der Waals surface area contributed by atoms with E-state index in [0.717, 1.165) is 22.5 Å². The quantitative estimate of drug-likeness (QED) is 0.238. The molecule has 3 aromatic heterocycles. The molecule has 0 saturated heterocycles. The number of oxazole rings is 1. The molecule has 9 aromatic rings. The minimum Gasteiger partial charge on any atom is -0.443 e. The van der Waals surface area contributed by atoms with Gasteiger partial charge >= 0.3 is 0 Å². The summed E-state index contributed by atoms with van der Waals surface area (Å²) in [5, 5.41) is 7.51. The molecule has 4 nitrogen and oxygen atoms in total. The van der Waals surface area contributed by atoms with Crippen LogP contribution in [0.5, 0.6) is 0 Å². The molecule has 0 N–H and O–H groups in total. The summed E-state index contributed by atoms with van der Waals surface area (Å²) in [5.41, 5.74) is 8.64. The smallest absolute Gasteiger partial charge is 0.181 e. The summed E-state index contributed by atoms with van der Waals surface area (Å²) in [6.07, 6.45) is 1.51. The molecule has 0 saturated carbocycles. The first-order valence-corrected chi connectivity index (χ1v) is 13.1. The second-order valence-corrected chi connectivity index (χ2v) is 10.1. The molecule has 0 aliphatic carbocycles. The van der Waals surface area contributed by atoms with Crippen LogP contribution < -0.4 is 0 Å². The van der Waals surface area contributed by atoms with Gasteiger partial charge in [-0.3, -0.25) is 0 Å². The van der Waals surface area contributed by atoms with Crippen LogP contribution in [0.15, 0.2) is 132 Å². The van der Waals surface area contributed by atoms with Gasteiger partial charge in [-0.25, -0.2) is 4.98 Å². The van der Waals surface area contributed by atoms with E-state index < -0.39 is 0 Å². The Morgan fingerprint density at radius 3 is 2.15 bits per heavy atom. The Balaban J connectivity index is 1.52. The molecule has 0 radical (unpaired) electrons. The fraction of sp³-hybridized carbons (Fsp3) is 0. The van der Waals surface area contributed by atoms with Crippen LogP contribution in [0.1, 0.15) is 0 Å². The molecule has 6 aromatic carbocycles. The maximum absolute atomic E-state index is 5.67. The lowest BCUT2D eigenvalue weighted by molar-refractivity contribution is 0.602. The number of fused-ring (bicyclic) bond motifs is 10. The van der Waals surface area contributed by atoms with Crippen LogP contribution in [0.25, 0.3) is 76.9 Å². The van der Waals surface area contributed by atoms with Gasteiger partial charge in [-0.1, -0.05) is 72.8 Å². The normalized spacial score (nSPS) is 12.1. The molecular weight excluding hydrogens is 478 g/mol. The number of nitrogens with zero attached hydrogens (tertiary/aromatic N) is 3. The summed E-state index contributed by atoms with van der Waals surface area (Å²) < 4.78 is 10.4. The highest BCUT2D eigenvalue weighted by Crippen LogP contribution is 2.44. The third-order valence-electron chi connectivity index (χ3n) is 8.04. The van der Waals surface area contributed by atoms with Crippen LogP contribution >= 0.6 is 0 Å². The van der Waals surface area contributed by atoms with Gasteiger partial charge in [-0.05, 0) is 47.9 Å². The van der Waals surface area contributed by atoms with Crippen molar-refractivity contribution in [3.63, 3.8) is 0 Å². The molecule has 39 heavy (non-hydrogen) atoms. The highest BCUT2D eigenvalue weighted by Gasteiger charge is 2.21. The van der Waals surface area contributed by atoms with E-state index in [2.05, 4.69) is 129 Å². The lowest BCUT2D eigenvalue weighted by Crippen LogP contribution is -1.95. The summed E-state index contributed by atoms with van der Waals surface area (Å²) in [6, 6.07) is 43.4. The van der Waals surface area contributed by atoms with Gasteiger partial charge in [0.2, 0.25) is 0 Å². The van der Waals surface area contributed by atoms with E-state index in [4.69, 9.17) is 4.42 Å². The minimum atomic E-state index is 0.784. The van der Waals surface area contributed by atoms with E-state index in [-0.39, 0.29) is 0 Å². The van der Waals surface area contributed by atoms with Crippen LogP contribution in [0.2, 0.25) is 0 Å². The van der Waals surface area contributed by atoms with Crippen LogP contribution in [-0.2, 0) is 0 Å². The number of hydrogen-bond acceptors (Lipinski definition) is 2. The SMILES string of the molecule is c1ccc(-n2c3ccc4c(c5ccccc5n4-c4ccc5ncoc5c4)c3c3ccc4ccccc4c32)cc1. The third-order valence-corrected chi connectivity index (χ3v) is 8.04. The first-order chi connectivity index (χ1) is 19.4. The Morgan fingerprint density at radius 1 is 0.513 bits per heavy atom. The molecule has 0 bridgehead atoms. The van der Waals surface area contributed by atoms with E-state index in [1.165, 1.54) is 60.8 Å². The molecule has 3 heterocycles. The largest absolute Gasteiger partial charge is 0.443 e. The van der Waals surface area contributed by atoms with Gasteiger partial charge in [0.15, 0.2) is 12.0 Å². The van der Waals surface area contributed by atoms with E-state index in [9.17, 15) is 0 Å². The van der Waals surface area contributed by atoms with Crippen molar-refractivity contribution in [2.75, 3.05) is 0 Å². The summed E-state index contributed by atoms with van der Waals surface area (Å²) in [6.45, 7) is 0.